The number of aromatic amines is 1. The van der Waals surface area contributed by atoms with Crippen molar-refractivity contribution < 1.29 is 9.66 Å². The molecule has 1 aliphatic heterocycles. The fraction of sp³-hybridized carbons (Fsp3) is 0.0556. The van der Waals surface area contributed by atoms with Gasteiger partial charge in [0.2, 0.25) is 11.8 Å². The average molecular weight is 360 g/mol. The molecule has 3 heterocycles. The van der Waals surface area contributed by atoms with Crippen molar-refractivity contribution >= 4 is 5.69 Å². The summed E-state index contributed by atoms with van der Waals surface area (Å²) >= 11 is 0. The van der Waals surface area contributed by atoms with Crippen LogP contribution in [0.4, 0.5) is 5.69 Å². The third-order valence-corrected chi connectivity index (χ3v) is 4.35. The highest BCUT2D eigenvalue weighted by molar-refractivity contribution is 5.71. The highest BCUT2D eigenvalue weighted by Gasteiger charge is 2.35. The number of ether oxygens (including phenoxy) is 1. The van der Waals surface area contributed by atoms with Gasteiger partial charge in [-0.2, -0.15) is 5.26 Å². The van der Waals surface area contributed by atoms with E-state index in [1.807, 2.05) is 0 Å². The molecule has 0 fully saturated rings. The Morgan fingerprint density at radius 3 is 2.56 bits per heavy atom. The molecular formula is C18H12N6O3. The molecule has 0 amide bonds. The summed E-state index contributed by atoms with van der Waals surface area (Å²) in [5.74, 6) is -0.235. The number of nitro benzene ring substituents is 1. The minimum absolute atomic E-state index is 0.00596. The number of fused-ring (bicyclic) bond motifs is 1. The van der Waals surface area contributed by atoms with Crippen LogP contribution in [0, 0.1) is 21.4 Å². The van der Waals surface area contributed by atoms with Gasteiger partial charge in [-0.1, -0.05) is 0 Å². The minimum Gasteiger partial charge on any atom is -0.420 e. The first-order valence-electron chi connectivity index (χ1n) is 7.90. The number of allylic oxidation sites excluding steroid dienone is 1. The number of nitriles is 1. The van der Waals surface area contributed by atoms with Crippen molar-refractivity contribution in [3.63, 3.8) is 0 Å². The van der Waals surface area contributed by atoms with Crippen LogP contribution >= 0.6 is 0 Å². The Labute approximate surface area is 152 Å². The number of nitro groups is 1. The molecule has 0 radical (unpaired) electrons. The minimum atomic E-state index is -0.495. The van der Waals surface area contributed by atoms with Crippen LogP contribution in [-0.2, 0) is 0 Å². The lowest BCUT2D eigenvalue weighted by Crippen LogP contribution is -2.21. The normalized spacial score (nSPS) is 15.6. The van der Waals surface area contributed by atoms with Gasteiger partial charge in [0, 0.05) is 30.1 Å². The number of rotatable bonds is 3. The Kier molecular flexibility index (Phi) is 3.78. The molecule has 27 heavy (non-hydrogen) atoms. The van der Waals surface area contributed by atoms with Gasteiger partial charge in [-0.05, 0) is 29.8 Å². The Balaban J connectivity index is 1.89. The molecule has 4 rings (SSSR count). The molecule has 132 valence electrons. The number of nitrogens with zero attached hydrogens (tertiary/aromatic N) is 4. The standard InChI is InChI=1S/C18H12N6O3/c19-9-13-14(10-5-7-21-8-6-10)15-16(22-23-18(15)27-17(13)20)11-1-3-12(4-2-11)24(25)26/h1-8,14H,20H2,(H,22,23)/t14-/m0/s1. The van der Waals surface area contributed by atoms with Crippen molar-refractivity contribution in [2.45, 2.75) is 5.92 Å². The van der Waals surface area contributed by atoms with E-state index in [-0.39, 0.29) is 23.0 Å². The number of pyridine rings is 1. The second-order valence-corrected chi connectivity index (χ2v) is 5.83. The van der Waals surface area contributed by atoms with Crippen molar-refractivity contribution in [1.29, 1.82) is 5.26 Å². The molecule has 1 aromatic carbocycles. The molecule has 1 aliphatic rings. The molecule has 3 aromatic rings. The summed E-state index contributed by atoms with van der Waals surface area (Å²) in [5, 5.41) is 27.6. The largest absolute Gasteiger partial charge is 0.420 e. The van der Waals surface area contributed by atoms with Crippen LogP contribution in [0.3, 0.4) is 0 Å². The maximum Gasteiger partial charge on any atom is 0.269 e. The highest BCUT2D eigenvalue weighted by atomic mass is 16.6. The monoisotopic (exact) mass is 360 g/mol. The number of hydrogen-bond donors (Lipinski definition) is 2. The SMILES string of the molecule is N#CC1=C(N)Oc2n[nH]c(-c3ccc([N+](=O)[O-])cc3)c2[C@H]1c1ccncc1. The molecule has 0 spiro atoms. The summed E-state index contributed by atoms with van der Waals surface area (Å²) in [4.78, 5) is 14.4. The fourth-order valence-corrected chi connectivity index (χ4v) is 3.10. The van der Waals surface area contributed by atoms with Gasteiger partial charge < -0.3 is 10.5 Å². The second-order valence-electron chi connectivity index (χ2n) is 5.83. The lowest BCUT2D eigenvalue weighted by Gasteiger charge is -2.23. The molecular weight excluding hydrogens is 348 g/mol. The van der Waals surface area contributed by atoms with Crippen LogP contribution in [0.2, 0.25) is 0 Å². The number of H-pyrrole nitrogens is 1. The van der Waals surface area contributed by atoms with Gasteiger partial charge in [-0.3, -0.25) is 20.2 Å². The molecule has 0 aliphatic carbocycles. The summed E-state index contributed by atoms with van der Waals surface area (Å²) < 4.78 is 5.52. The smallest absolute Gasteiger partial charge is 0.269 e. The summed E-state index contributed by atoms with van der Waals surface area (Å²) in [6.45, 7) is 0. The van der Waals surface area contributed by atoms with Gasteiger partial charge in [-0.15, -0.1) is 5.10 Å². The predicted molar refractivity (Wildman–Crippen MR) is 94.2 cm³/mol. The number of non-ortho nitro benzene ring substituents is 1. The van der Waals surface area contributed by atoms with Crippen LogP contribution in [0.15, 0.2) is 60.2 Å². The summed E-state index contributed by atoms with van der Waals surface area (Å²) in [5.41, 5.74) is 8.89. The number of aromatic nitrogens is 3. The van der Waals surface area contributed by atoms with Crippen LogP contribution in [0.25, 0.3) is 11.3 Å². The maximum atomic E-state index is 10.9. The molecule has 0 saturated heterocycles. The first-order chi connectivity index (χ1) is 13.1. The molecule has 0 unspecified atom stereocenters. The van der Waals surface area contributed by atoms with E-state index in [0.717, 1.165) is 5.56 Å². The van der Waals surface area contributed by atoms with Crippen LogP contribution in [0.5, 0.6) is 5.88 Å². The Morgan fingerprint density at radius 1 is 1.22 bits per heavy atom. The van der Waals surface area contributed by atoms with E-state index < -0.39 is 10.8 Å². The quantitative estimate of drug-likeness (QED) is 0.539. The van der Waals surface area contributed by atoms with Crippen molar-refractivity contribution in [1.82, 2.24) is 15.2 Å². The van der Waals surface area contributed by atoms with Crippen molar-refractivity contribution in [3.8, 4) is 23.2 Å². The average Bonchev–Trinajstić information content (AvgIpc) is 3.10. The lowest BCUT2D eigenvalue weighted by atomic mass is 9.83. The van der Waals surface area contributed by atoms with Crippen LogP contribution in [0.1, 0.15) is 17.0 Å². The Hall–Kier alpha value is -4.19. The number of nitrogens with two attached hydrogens (primary N) is 1. The predicted octanol–water partition coefficient (Wildman–Crippen LogP) is 2.60. The third kappa shape index (κ3) is 2.65. The zero-order valence-corrected chi connectivity index (χ0v) is 13.8. The zero-order chi connectivity index (χ0) is 19.0. The van der Waals surface area contributed by atoms with Gasteiger partial charge in [0.1, 0.15) is 11.6 Å². The molecule has 2 aromatic heterocycles. The molecule has 9 nitrogen and oxygen atoms in total. The molecule has 1 atom stereocenters. The highest BCUT2D eigenvalue weighted by Crippen LogP contribution is 2.45. The maximum absolute atomic E-state index is 10.9. The summed E-state index contributed by atoms with van der Waals surface area (Å²) in [6, 6.07) is 11.7. The molecule has 0 bridgehead atoms. The third-order valence-electron chi connectivity index (χ3n) is 4.35. The fourth-order valence-electron chi connectivity index (χ4n) is 3.10. The molecule has 3 N–H and O–H groups in total. The van der Waals surface area contributed by atoms with Gasteiger partial charge >= 0.3 is 0 Å². The van der Waals surface area contributed by atoms with Crippen molar-refractivity contribution in [2.75, 3.05) is 0 Å². The van der Waals surface area contributed by atoms with Gasteiger partial charge in [0.15, 0.2) is 0 Å². The van der Waals surface area contributed by atoms with E-state index in [1.165, 1.54) is 12.1 Å². The first-order valence-corrected chi connectivity index (χ1v) is 7.90. The lowest BCUT2D eigenvalue weighted by molar-refractivity contribution is -0.384. The Bertz CT molecular complexity index is 1100. The van der Waals surface area contributed by atoms with Gasteiger partial charge in [-0.25, -0.2) is 0 Å². The summed E-state index contributed by atoms with van der Waals surface area (Å²) in [7, 11) is 0. The van der Waals surface area contributed by atoms with Crippen molar-refractivity contribution in [2.24, 2.45) is 5.73 Å². The molecule has 0 saturated carbocycles. The van der Waals surface area contributed by atoms with E-state index in [4.69, 9.17) is 10.5 Å². The van der Waals surface area contributed by atoms with Crippen LogP contribution < -0.4 is 10.5 Å². The van der Waals surface area contributed by atoms with Crippen LogP contribution in [-0.4, -0.2) is 20.1 Å². The number of benzene rings is 1. The van der Waals surface area contributed by atoms with E-state index >= 15 is 0 Å². The second kappa shape index (κ2) is 6.27. The Morgan fingerprint density at radius 2 is 1.93 bits per heavy atom. The van der Waals surface area contributed by atoms with E-state index in [1.54, 1.807) is 36.7 Å². The van der Waals surface area contributed by atoms with Crippen molar-refractivity contribution in [3.05, 3.63) is 81.5 Å². The van der Waals surface area contributed by atoms with Gasteiger partial charge in [0.05, 0.1) is 22.1 Å². The number of nitrogens with one attached hydrogen (secondary N) is 1. The van der Waals surface area contributed by atoms with E-state index in [9.17, 15) is 15.4 Å². The first kappa shape index (κ1) is 16.3. The summed E-state index contributed by atoms with van der Waals surface area (Å²) in [6.07, 6.45) is 3.25. The van der Waals surface area contributed by atoms with E-state index in [0.29, 0.717) is 16.8 Å². The van der Waals surface area contributed by atoms with E-state index in [2.05, 4.69) is 21.3 Å². The van der Waals surface area contributed by atoms with Gasteiger partial charge in [0.25, 0.3) is 5.69 Å². The zero-order valence-electron chi connectivity index (χ0n) is 13.8. The number of hydrogen-bond acceptors (Lipinski definition) is 7. The topological polar surface area (TPSA) is 144 Å². The molecule has 9 heteroatoms.